The van der Waals surface area contributed by atoms with Gasteiger partial charge < -0.3 is 14.8 Å². The van der Waals surface area contributed by atoms with E-state index < -0.39 is 0 Å². The summed E-state index contributed by atoms with van der Waals surface area (Å²) in [5.74, 6) is 0.527. The molecular formula is C12H23NO3. The molecule has 0 heterocycles. The van der Waals surface area contributed by atoms with E-state index in [1.165, 1.54) is 20.0 Å². The number of hydrogen-bond acceptors (Lipinski definition) is 4. The molecule has 0 radical (unpaired) electrons. The van der Waals surface area contributed by atoms with Crippen molar-refractivity contribution in [2.75, 3.05) is 26.9 Å². The number of ether oxygens (including phenoxy) is 2. The lowest BCUT2D eigenvalue weighted by Gasteiger charge is -2.19. The van der Waals surface area contributed by atoms with Crippen molar-refractivity contribution in [3.63, 3.8) is 0 Å². The second-order valence-corrected chi connectivity index (χ2v) is 4.57. The van der Waals surface area contributed by atoms with Crippen LogP contribution in [0.15, 0.2) is 0 Å². The van der Waals surface area contributed by atoms with E-state index in [0.29, 0.717) is 6.61 Å². The van der Waals surface area contributed by atoms with Crippen LogP contribution in [-0.4, -0.2) is 38.9 Å². The summed E-state index contributed by atoms with van der Waals surface area (Å²) < 4.78 is 10.2. The summed E-state index contributed by atoms with van der Waals surface area (Å²) in [5, 5.41) is 3.27. The largest absolute Gasteiger partial charge is 0.469 e. The van der Waals surface area contributed by atoms with Gasteiger partial charge in [0.15, 0.2) is 0 Å². The van der Waals surface area contributed by atoms with Gasteiger partial charge in [-0.25, -0.2) is 0 Å². The van der Waals surface area contributed by atoms with Crippen molar-refractivity contribution in [2.24, 2.45) is 11.8 Å². The maximum atomic E-state index is 11.2. The minimum absolute atomic E-state index is 0.117. The minimum Gasteiger partial charge on any atom is -0.469 e. The molecule has 94 valence electrons. The first-order valence-corrected chi connectivity index (χ1v) is 6.04. The number of carbonyl (C=O) groups excluding carboxylic acids is 1. The zero-order chi connectivity index (χ0) is 12.0. The molecule has 1 aliphatic carbocycles. The molecule has 1 fully saturated rings. The Morgan fingerprint density at radius 1 is 1.44 bits per heavy atom. The SMILES string of the molecule is COC(=O)C(C)C(C)NCCOCC1CC1. The van der Waals surface area contributed by atoms with E-state index in [1.54, 1.807) is 0 Å². The highest BCUT2D eigenvalue weighted by atomic mass is 16.5. The van der Waals surface area contributed by atoms with Crippen molar-refractivity contribution in [1.29, 1.82) is 0 Å². The fourth-order valence-corrected chi connectivity index (χ4v) is 1.46. The average molecular weight is 229 g/mol. The maximum absolute atomic E-state index is 11.2. The molecule has 0 aromatic carbocycles. The second-order valence-electron chi connectivity index (χ2n) is 4.57. The number of rotatable bonds is 8. The third kappa shape index (κ3) is 4.94. The summed E-state index contributed by atoms with van der Waals surface area (Å²) in [4.78, 5) is 11.2. The van der Waals surface area contributed by atoms with Crippen LogP contribution in [0.25, 0.3) is 0 Å². The number of esters is 1. The highest BCUT2D eigenvalue weighted by Crippen LogP contribution is 2.28. The van der Waals surface area contributed by atoms with E-state index in [4.69, 9.17) is 9.47 Å². The van der Waals surface area contributed by atoms with Crippen molar-refractivity contribution in [1.82, 2.24) is 5.32 Å². The maximum Gasteiger partial charge on any atom is 0.309 e. The molecule has 0 aromatic rings. The smallest absolute Gasteiger partial charge is 0.309 e. The van der Waals surface area contributed by atoms with E-state index in [1.807, 2.05) is 13.8 Å². The average Bonchev–Trinajstić information content (AvgIpc) is 3.10. The van der Waals surface area contributed by atoms with Gasteiger partial charge in [-0.1, -0.05) is 6.92 Å². The van der Waals surface area contributed by atoms with Crippen LogP contribution in [0.1, 0.15) is 26.7 Å². The Morgan fingerprint density at radius 3 is 2.69 bits per heavy atom. The van der Waals surface area contributed by atoms with E-state index in [9.17, 15) is 4.79 Å². The summed E-state index contributed by atoms with van der Waals surface area (Å²) in [7, 11) is 1.42. The number of hydrogen-bond donors (Lipinski definition) is 1. The molecule has 0 amide bonds. The molecule has 16 heavy (non-hydrogen) atoms. The molecule has 1 saturated carbocycles. The third-order valence-corrected chi connectivity index (χ3v) is 3.09. The van der Waals surface area contributed by atoms with E-state index >= 15 is 0 Å². The predicted octanol–water partition coefficient (Wildman–Crippen LogP) is 1.20. The summed E-state index contributed by atoms with van der Waals surface area (Å²) >= 11 is 0. The Morgan fingerprint density at radius 2 is 2.12 bits per heavy atom. The van der Waals surface area contributed by atoms with Crippen molar-refractivity contribution in [3.05, 3.63) is 0 Å². The van der Waals surface area contributed by atoms with Gasteiger partial charge in [0.1, 0.15) is 0 Å². The van der Waals surface area contributed by atoms with Crippen LogP contribution >= 0.6 is 0 Å². The molecule has 0 bridgehead atoms. The lowest BCUT2D eigenvalue weighted by atomic mass is 10.0. The Bertz CT molecular complexity index is 216. The molecular weight excluding hydrogens is 206 g/mol. The van der Waals surface area contributed by atoms with Crippen LogP contribution in [-0.2, 0) is 14.3 Å². The highest BCUT2D eigenvalue weighted by Gasteiger charge is 2.22. The second kappa shape index (κ2) is 6.86. The van der Waals surface area contributed by atoms with Crippen molar-refractivity contribution < 1.29 is 14.3 Å². The summed E-state index contributed by atoms with van der Waals surface area (Å²) in [6.45, 7) is 6.25. The summed E-state index contributed by atoms with van der Waals surface area (Å²) in [6.07, 6.45) is 2.65. The molecule has 0 aliphatic heterocycles. The zero-order valence-corrected chi connectivity index (χ0v) is 10.5. The minimum atomic E-state index is -0.168. The van der Waals surface area contributed by atoms with Crippen LogP contribution in [0.2, 0.25) is 0 Å². The zero-order valence-electron chi connectivity index (χ0n) is 10.5. The van der Waals surface area contributed by atoms with Crippen LogP contribution in [0.3, 0.4) is 0 Å². The van der Waals surface area contributed by atoms with Gasteiger partial charge in [-0.05, 0) is 25.7 Å². The first kappa shape index (κ1) is 13.5. The van der Waals surface area contributed by atoms with E-state index in [-0.39, 0.29) is 17.9 Å². The van der Waals surface area contributed by atoms with E-state index in [0.717, 1.165) is 19.1 Å². The normalized spacial score (nSPS) is 19.2. The highest BCUT2D eigenvalue weighted by molar-refractivity contribution is 5.72. The molecule has 4 nitrogen and oxygen atoms in total. The Balaban J connectivity index is 1.99. The van der Waals surface area contributed by atoms with Gasteiger partial charge in [0.25, 0.3) is 0 Å². The Kier molecular flexibility index (Phi) is 5.77. The lowest BCUT2D eigenvalue weighted by molar-refractivity contribution is -0.145. The van der Waals surface area contributed by atoms with Gasteiger partial charge in [0, 0.05) is 19.2 Å². The molecule has 0 saturated heterocycles. The monoisotopic (exact) mass is 229 g/mol. The molecule has 2 atom stereocenters. The molecule has 1 aliphatic rings. The predicted molar refractivity (Wildman–Crippen MR) is 62.2 cm³/mol. The standard InChI is InChI=1S/C12H23NO3/c1-9(12(14)15-3)10(2)13-6-7-16-8-11-4-5-11/h9-11,13H,4-8H2,1-3H3. The Labute approximate surface area is 97.7 Å². The van der Waals surface area contributed by atoms with Gasteiger partial charge in [0.05, 0.1) is 19.6 Å². The van der Waals surface area contributed by atoms with Gasteiger partial charge in [-0.3, -0.25) is 4.79 Å². The molecule has 1 N–H and O–H groups in total. The fraction of sp³-hybridized carbons (Fsp3) is 0.917. The van der Waals surface area contributed by atoms with Crippen LogP contribution in [0.5, 0.6) is 0 Å². The number of methoxy groups -OCH3 is 1. The van der Waals surface area contributed by atoms with E-state index in [2.05, 4.69) is 5.32 Å². The van der Waals surface area contributed by atoms with Crippen molar-refractivity contribution >= 4 is 5.97 Å². The first-order valence-electron chi connectivity index (χ1n) is 6.04. The molecule has 2 unspecified atom stereocenters. The van der Waals surface area contributed by atoms with Crippen LogP contribution in [0.4, 0.5) is 0 Å². The fourth-order valence-electron chi connectivity index (χ4n) is 1.46. The molecule has 0 aromatic heterocycles. The summed E-state index contributed by atoms with van der Waals surface area (Å²) in [6, 6.07) is 0.122. The van der Waals surface area contributed by atoms with Crippen molar-refractivity contribution in [2.45, 2.75) is 32.7 Å². The third-order valence-electron chi connectivity index (χ3n) is 3.09. The topological polar surface area (TPSA) is 47.6 Å². The first-order chi connectivity index (χ1) is 7.65. The number of nitrogens with one attached hydrogen (secondary N) is 1. The number of carbonyl (C=O) groups is 1. The van der Waals surface area contributed by atoms with Gasteiger partial charge >= 0.3 is 5.97 Å². The van der Waals surface area contributed by atoms with Crippen LogP contribution in [0, 0.1) is 11.8 Å². The summed E-state index contributed by atoms with van der Waals surface area (Å²) in [5.41, 5.74) is 0. The molecule has 1 rings (SSSR count). The van der Waals surface area contributed by atoms with Crippen molar-refractivity contribution in [3.8, 4) is 0 Å². The lowest BCUT2D eigenvalue weighted by Crippen LogP contribution is -2.38. The van der Waals surface area contributed by atoms with Crippen LogP contribution < -0.4 is 5.32 Å². The van der Waals surface area contributed by atoms with Gasteiger partial charge in [-0.2, -0.15) is 0 Å². The Hall–Kier alpha value is -0.610. The quantitative estimate of drug-likeness (QED) is 0.502. The van der Waals surface area contributed by atoms with Gasteiger partial charge in [-0.15, -0.1) is 0 Å². The molecule has 0 spiro atoms. The molecule has 4 heteroatoms. The van der Waals surface area contributed by atoms with Gasteiger partial charge in [0.2, 0.25) is 0 Å².